The van der Waals surface area contributed by atoms with Gasteiger partial charge >= 0.3 is 0 Å². The van der Waals surface area contributed by atoms with Crippen LogP contribution in [0.3, 0.4) is 0 Å². The Labute approximate surface area is 120 Å². The minimum absolute atomic E-state index is 0.0362. The van der Waals surface area contributed by atoms with Crippen LogP contribution in [-0.4, -0.2) is 15.1 Å². The number of rotatable bonds is 2. The molecule has 0 aliphatic carbocycles. The fourth-order valence-corrected chi connectivity index (χ4v) is 2.18. The van der Waals surface area contributed by atoms with E-state index in [-0.39, 0.29) is 10.5 Å². The zero-order valence-electron chi connectivity index (χ0n) is 11.3. The molecule has 3 N–H and O–H groups in total. The van der Waals surface area contributed by atoms with E-state index in [2.05, 4.69) is 20.2 Å². The Hall–Kier alpha value is -2.28. The monoisotopic (exact) mass is 290 g/mol. The largest absolute Gasteiger partial charge is 0.493 e. The second-order valence-corrected chi connectivity index (χ2v) is 4.96. The number of hydrogen-bond donors (Lipinski definition) is 3. The molecule has 1 aromatic carbocycles. The van der Waals surface area contributed by atoms with E-state index in [1.807, 2.05) is 32.9 Å². The normalized spacial score (nSPS) is 11.2. The molecule has 0 aliphatic heterocycles. The third kappa shape index (κ3) is 2.83. The van der Waals surface area contributed by atoms with Crippen molar-refractivity contribution in [3.8, 4) is 5.88 Å². The average molecular weight is 290 g/mol. The van der Waals surface area contributed by atoms with Gasteiger partial charge in [-0.05, 0) is 44.1 Å². The zero-order chi connectivity index (χ0) is 14.9. The summed E-state index contributed by atoms with van der Waals surface area (Å²) in [6, 6.07) is 3.95. The van der Waals surface area contributed by atoms with E-state index < -0.39 is 11.4 Å². The molecule has 2 rings (SSSR count). The molecule has 2 aromatic rings. The van der Waals surface area contributed by atoms with E-state index in [0.29, 0.717) is 5.69 Å². The summed E-state index contributed by atoms with van der Waals surface area (Å²) in [6.45, 7) is 5.82. The molecule has 0 amide bonds. The maximum absolute atomic E-state index is 11.7. The molecular formula is C13H14N4O2S. The van der Waals surface area contributed by atoms with E-state index in [0.717, 1.165) is 16.7 Å². The predicted octanol–water partition coefficient (Wildman–Crippen LogP) is 3.48. The molecule has 1 aromatic heterocycles. The third-order valence-electron chi connectivity index (χ3n) is 2.78. The third-order valence-corrected chi connectivity index (χ3v) is 2.99. The number of nitrogens with zero attached hydrogens (tertiary/aromatic N) is 2. The lowest BCUT2D eigenvalue weighted by molar-refractivity contribution is 0.451. The first-order valence-electron chi connectivity index (χ1n) is 5.93. The molecular weight excluding hydrogens is 276 g/mol. The van der Waals surface area contributed by atoms with E-state index in [1.54, 1.807) is 0 Å². The Balaban J connectivity index is 2.51. The topological polar surface area (TPSA) is 93.6 Å². The van der Waals surface area contributed by atoms with Gasteiger partial charge in [0.15, 0.2) is 4.77 Å². The Bertz CT molecular complexity index is 782. The van der Waals surface area contributed by atoms with Crippen molar-refractivity contribution in [1.29, 1.82) is 0 Å². The molecule has 6 nitrogen and oxygen atoms in total. The lowest BCUT2D eigenvalue weighted by atomic mass is 10.1. The number of aryl methyl sites for hydroxylation is 3. The summed E-state index contributed by atoms with van der Waals surface area (Å²) in [4.78, 5) is 16.4. The van der Waals surface area contributed by atoms with Crippen molar-refractivity contribution in [3.05, 3.63) is 43.9 Å². The van der Waals surface area contributed by atoms with E-state index in [4.69, 9.17) is 12.2 Å². The molecule has 0 saturated carbocycles. The van der Waals surface area contributed by atoms with Crippen LogP contribution < -0.4 is 5.56 Å². The summed E-state index contributed by atoms with van der Waals surface area (Å²) >= 11 is 4.74. The highest BCUT2D eigenvalue weighted by atomic mass is 32.1. The van der Waals surface area contributed by atoms with Crippen molar-refractivity contribution < 1.29 is 5.11 Å². The summed E-state index contributed by atoms with van der Waals surface area (Å²) in [5, 5.41) is 17.5. The molecule has 7 heteroatoms. The molecule has 1 heterocycles. The predicted molar refractivity (Wildman–Crippen MR) is 78.7 cm³/mol. The van der Waals surface area contributed by atoms with Crippen molar-refractivity contribution in [2.75, 3.05) is 0 Å². The molecule has 0 spiro atoms. The van der Waals surface area contributed by atoms with Crippen molar-refractivity contribution in [2.45, 2.75) is 20.8 Å². The molecule has 0 aliphatic rings. The number of aromatic nitrogens is 2. The van der Waals surface area contributed by atoms with Crippen LogP contribution in [0.15, 0.2) is 27.2 Å². The van der Waals surface area contributed by atoms with Gasteiger partial charge in [0.2, 0.25) is 11.6 Å². The quantitative estimate of drug-likeness (QED) is 0.584. The second kappa shape index (κ2) is 5.38. The minimum Gasteiger partial charge on any atom is -0.493 e. The second-order valence-electron chi connectivity index (χ2n) is 4.55. The summed E-state index contributed by atoms with van der Waals surface area (Å²) < 4.78 is 0.0362. The van der Waals surface area contributed by atoms with Crippen molar-refractivity contribution in [3.63, 3.8) is 0 Å². The van der Waals surface area contributed by atoms with Crippen molar-refractivity contribution >= 4 is 23.6 Å². The van der Waals surface area contributed by atoms with Gasteiger partial charge < -0.3 is 10.1 Å². The molecule has 20 heavy (non-hydrogen) atoms. The van der Waals surface area contributed by atoms with Crippen LogP contribution in [0.4, 0.5) is 11.4 Å². The van der Waals surface area contributed by atoms with Crippen LogP contribution in [0.5, 0.6) is 5.88 Å². The Morgan fingerprint density at radius 1 is 1.05 bits per heavy atom. The number of benzene rings is 1. The fourth-order valence-electron chi connectivity index (χ4n) is 1.99. The Morgan fingerprint density at radius 3 is 2.15 bits per heavy atom. The van der Waals surface area contributed by atoms with Gasteiger partial charge in [-0.3, -0.25) is 9.78 Å². The van der Waals surface area contributed by atoms with Crippen LogP contribution in [0.1, 0.15) is 16.7 Å². The van der Waals surface area contributed by atoms with Crippen molar-refractivity contribution in [1.82, 2.24) is 9.97 Å². The van der Waals surface area contributed by atoms with Gasteiger partial charge in [0.05, 0.1) is 5.69 Å². The smallest absolute Gasteiger partial charge is 0.283 e. The summed E-state index contributed by atoms with van der Waals surface area (Å²) in [7, 11) is 0. The van der Waals surface area contributed by atoms with Gasteiger partial charge in [-0.15, -0.1) is 10.2 Å². The molecule has 0 radical (unpaired) electrons. The molecule has 0 atom stereocenters. The summed E-state index contributed by atoms with van der Waals surface area (Å²) in [5.41, 5.74) is 2.92. The highest BCUT2D eigenvalue weighted by Crippen LogP contribution is 2.27. The molecule has 0 saturated heterocycles. The molecule has 104 valence electrons. The molecule has 0 bridgehead atoms. The Morgan fingerprint density at radius 2 is 1.60 bits per heavy atom. The van der Waals surface area contributed by atoms with Gasteiger partial charge in [0.25, 0.3) is 5.56 Å². The first-order valence-corrected chi connectivity index (χ1v) is 6.34. The number of azo groups is 1. The Kier molecular flexibility index (Phi) is 3.80. The van der Waals surface area contributed by atoms with Gasteiger partial charge in [-0.25, -0.2) is 0 Å². The van der Waals surface area contributed by atoms with Crippen molar-refractivity contribution in [2.24, 2.45) is 10.2 Å². The van der Waals surface area contributed by atoms with Gasteiger partial charge in [-0.1, -0.05) is 17.7 Å². The lowest BCUT2D eigenvalue weighted by Crippen LogP contribution is -2.06. The fraction of sp³-hybridized carbons (Fsp3) is 0.231. The number of H-pyrrole nitrogens is 2. The first kappa shape index (κ1) is 14.1. The highest BCUT2D eigenvalue weighted by molar-refractivity contribution is 7.71. The maximum atomic E-state index is 11.7. The van der Waals surface area contributed by atoms with Crippen LogP contribution in [0.25, 0.3) is 0 Å². The van der Waals surface area contributed by atoms with Crippen LogP contribution in [-0.2, 0) is 0 Å². The number of aromatic hydroxyl groups is 1. The van der Waals surface area contributed by atoms with Gasteiger partial charge in [-0.2, -0.15) is 0 Å². The SMILES string of the molecule is Cc1cc(C)c(N=Nc2c(O)[nH]c(=S)[nH]c2=O)c(C)c1. The number of hydrogen-bond acceptors (Lipinski definition) is 5. The highest BCUT2D eigenvalue weighted by Gasteiger charge is 2.08. The van der Waals surface area contributed by atoms with Gasteiger partial charge in [0.1, 0.15) is 0 Å². The number of nitrogens with one attached hydrogen (secondary N) is 2. The minimum atomic E-state index is -0.586. The van der Waals surface area contributed by atoms with E-state index in [1.165, 1.54) is 0 Å². The van der Waals surface area contributed by atoms with E-state index >= 15 is 0 Å². The average Bonchev–Trinajstić information content (AvgIpc) is 2.30. The van der Waals surface area contributed by atoms with Crippen LogP contribution in [0, 0.1) is 25.5 Å². The zero-order valence-corrected chi connectivity index (χ0v) is 12.1. The van der Waals surface area contributed by atoms with E-state index in [9.17, 15) is 9.90 Å². The number of aromatic amines is 2. The molecule has 0 unspecified atom stereocenters. The molecule has 0 fully saturated rings. The van der Waals surface area contributed by atoms with Crippen LogP contribution >= 0.6 is 12.2 Å². The summed E-state index contributed by atoms with van der Waals surface area (Å²) in [6.07, 6.45) is 0. The first-order chi connectivity index (χ1) is 9.38. The standard InChI is InChI=1S/C13H14N4O2S/c1-6-4-7(2)9(8(3)5-6)16-17-10-11(18)14-13(20)15-12(10)19/h4-5H,1-3H3,(H3,14,15,18,19,20). The van der Waals surface area contributed by atoms with Gasteiger partial charge in [0, 0.05) is 0 Å². The maximum Gasteiger partial charge on any atom is 0.283 e. The summed E-state index contributed by atoms with van der Waals surface area (Å²) in [5.74, 6) is -0.398. The lowest BCUT2D eigenvalue weighted by Gasteiger charge is -2.05. The van der Waals surface area contributed by atoms with Crippen LogP contribution in [0.2, 0.25) is 0 Å².